The van der Waals surface area contributed by atoms with Crippen LogP contribution in [0.2, 0.25) is 0 Å². The number of hydrogen-bond acceptors (Lipinski definition) is 5. The Labute approximate surface area is 184 Å². The van der Waals surface area contributed by atoms with Crippen LogP contribution in [0.3, 0.4) is 0 Å². The first-order valence-corrected chi connectivity index (χ1v) is 12.8. The lowest BCUT2D eigenvalue weighted by atomic mass is 10.1. The summed E-state index contributed by atoms with van der Waals surface area (Å²) in [6, 6.07) is 7.90. The zero-order valence-corrected chi connectivity index (χ0v) is 20.2. The van der Waals surface area contributed by atoms with Crippen molar-refractivity contribution in [2.45, 2.75) is 39.0 Å². The maximum absolute atomic E-state index is 12.9. The van der Waals surface area contributed by atoms with Gasteiger partial charge >= 0.3 is 0 Å². The molecule has 0 heterocycles. The highest BCUT2D eigenvalue weighted by atomic mass is 32.2. The van der Waals surface area contributed by atoms with Gasteiger partial charge in [0, 0.05) is 25.3 Å². The molecule has 0 aliphatic heterocycles. The van der Waals surface area contributed by atoms with Crippen LogP contribution in [0.4, 0.5) is 11.4 Å². The van der Waals surface area contributed by atoms with E-state index < -0.39 is 26.0 Å². The Morgan fingerprint density at radius 1 is 0.968 bits per heavy atom. The number of carbonyl (C=O) groups excluding carboxylic acids is 1. The molecule has 2 N–H and O–H groups in total. The van der Waals surface area contributed by atoms with Crippen LogP contribution in [0, 0.1) is 20.8 Å². The highest BCUT2D eigenvalue weighted by Gasteiger charge is 2.23. The topological polar surface area (TPSA) is 113 Å². The van der Waals surface area contributed by atoms with E-state index in [0.717, 1.165) is 4.31 Å². The van der Waals surface area contributed by atoms with Crippen molar-refractivity contribution in [3.05, 3.63) is 52.6 Å². The van der Waals surface area contributed by atoms with Crippen LogP contribution in [0.1, 0.15) is 40.4 Å². The second-order valence-corrected chi connectivity index (χ2v) is 11.5. The van der Waals surface area contributed by atoms with Gasteiger partial charge in [-0.05, 0) is 68.1 Å². The monoisotopic (exact) mass is 467 g/mol. The smallest absolute Gasteiger partial charge is 0.255 e. The van der Waals surface area contributed by atoms with E-state index >= 15 is 0 Å². The van der Waals surface area contributed by atoms with E-state index in [1.807, 2.05) is 0 Å². The fraction of sp³-hybridized carbons (Fsp3) is 0.381. The van der Waals surface area contributed by atoms with Crippen molar-refractivity contribution >= 4 is 37.3 Å². The standard InChI is InChI=1S/C21H29N3O5S2/c1-7-11-30(26,27)23-19-10-8-9-18(16(19)4)22-21(25)17-12-14(2)15(3)20(13-17)31(28,29)24(5)6/h8-10,12-13,23H,7,11H2,1-6H3,(H,22,25). The van der Waals surface area contributed by atoms with Crippen LogP contribution in [-0.4, -0.2) is 46.9 Å². The third-order valence-corrected chi connectivity index (χ3v) is 8.38. The number of aryl methyl sites for hydroxylation is 1. The molecule has 0 bridgehead atoms. The maximum atomic E-state index is 12.9. The van der Waals surface area contributed by atoms with Crippen LogP contribution in [0.25, 0.3) is 0 Å². The zero-order chi connectivity index (χ0) is 23.6. The van der Waals surface area contributed by atoms with E-state index in [1.54, 1.807) is 52.0 Å². The molecule has 2 aromatic carbocycles. The lowest BCUT2D eigenvalue weighted by molar-refractivity contribution is 0.102. The van der Waals surface area contributed by atoms with Gasteiger partial charge in [0.25, 0.3) is 5.91 Å². The molecule has 0 unspecified atom stereocenters. The normalized spacial score (nSPS) is 12.1. The fourth-order valence-corrected chi connectivity index (χ4v) is 5.40. The lowest BCUT2D eigenvalue weighted by Gasteiger charge is -2.17. The van der Waals surface area contributed by atoms with Gasteiger partial charge < -0.3 is 5.32 Å². The van der Waals surface area contributed by atoms with Gasteiger partial charge in [0.05, 0.1) is 16.3 Å². The second-order valence-electron chi connectivity index (χ2n) is 7.56. The number of benzene rings is 2. The molecule has 0 fully saturated rings. The summed E-state index contributed by atoms with van der Waals surface area (Å²) in [6.45, 7) is 6.91. The SMILES string of the molecule is CCCS(=O)(=O)Nc1cccc(NC(=O)c2cc(C)c(C)c(S(=O)(=O)N(C)C)c2)c1C. The summed E-state index contributed by atoms with van der Waals surface area (Å²) in [6.07, 6.45) is 0.482. The molecular weight excluding hydrogens is 438 g/mol. The van der Waals surface area contributed by atoms with Crippen molar-refractivity contribution in [1.29, 1.82) is 0 Å². The number of hydrogen-bond donors (Lipinski definition) is 2. The number of sulfonamides is 2. The van der Waals surface area contributed by atoms with Crippen molar-refractivity contribution < 1.29 is 21.6 Å². The highest BCUT2D eigenvalue weighted by Crippen LogP contribution is 2.27. The Morgan fingerprint density at radius 3 is 2.16 bits per heavy atom. The summed E-state index contributed by atoms with van der Waals surface area (Å²) in [5.74, 6) is -0.496. The van der Waals surface area contributed by atoms with Crippen molar-refractivity contribution in [3.8, 4) is 0 Å². The molecule has 1 amide bonds. The quantitative estimate of drug-likeness (QED) is 0.619. The van der Waals surface area contributed by atoms with Gasteiger partial charge in [-0.25, -0.2) is 21.1 Å². The summed E-state index contributed by atoms with van der Waals surface area (Å²) >= 11 is 0. The predicted octanol–water partition coefficient (Wildman–Crippen LogP) is 3.27. The number of nitrogens with zero attached hydrogens (tertiary/aromatic N) is 1. The third-order valence-electron chi connectivity index (χ3n) is 4.96. The van der Waals surface area contributed by atoms with E-state index in [9.17, 15) is 21.6 Å². The van der Waals surface area contributed by atoms with Crippen molar-refractivity contribution in [2.75, 3.05) is 29.9 Å². The Bertz CT molecular complexity index is 1200. The number of rotatable bonds is 8. The summed E-state index contributed by atoms with van der Waals surface area (Å²) in [4.78, 5) is 13.0. The van der Waals surface area contributed by atoms with Crippen LogP contribution in [-0.2, 0) is 20.0 Å². The minimum atomic E-state index is -3.72. The van der Waals surface area contributed by atoms with E-state index in [2.05, 4.69) is 10.0 Å². The predicted molar refractivity (Wildman–Crippen MR) is 124 cm³/mol. The Kier molecular flexibility index (Phi) is 7.51. The maximum Gasteiger partial charge on any atom is 0.255 e. The number of carbonyl (C=O) groups is 1. The summed E-state index contributed by atoms with van der Waals surface area (Å²) in [7, 11) is -4.33. The minimum Gasteiger partial charge on any atom is -0.322 e. The van der Waals surface area contributed by atoms with E-state index in [0.29, 0.717) is 34.5 Å². The van der Waals surface area contributed by atoms with Gasteiger partial charge in [0.2, 0.25) is 20.0 Å². The van der Waals surface area contributed by atoms with Gasteiger partial charge in [-0.15, -0.1) is 0 Å². The molecule has 0 saturated heterocycles. The van der Waals surface area contributed by atoms with Crippen molar-refractivity contribution in [1.82, 2.24) is 4.31 Å². The second kappa shape index (κ2) is 9.37. The zero-order valence-electron chi connectivity index (χ0n) is 18.6. The van der Waals surface area contributed by atoms with Gasteiger partial charge in [-0.3, -0.25) is 9.52 Å². The largest absolute Gasteiger partial charge is 0.322 e. The van der Waals surface area contributed by atoms with Crippen molar-refractivity contribution in [2.24, 2.45) is 0 Å². The highest BCUT2D eigenvalue weighted by molar-refractivity contribution is 7.92. The molecule has 170 valence electrons. The van der Waals surface area contributed by atoms with Crippen LogP contribution < -0.4 is 10.0 Å². The number of amides is 1. The number of anilines is 2. The Morgan fingerprint density at radius 2 is 1.58 bits per heavy atom. The van der Waals surface area contributed by atoms with E-state index in [1.165, 1.54) is 20.2 Å². The van der Waals surface area contributed by atoms with E-state index in [4.69, 9.17) is 0 Å². The molecule has 0 spiro atoms. The summed E-state index contributed by atoms with van der Waals surface area (Å²) in [5, 5.41) is 2.76. The molecular formula is C21H29N3O5S2. The molecule has 0 aromatic heterocycles. The molecule has 2 aromatic rings. The molecule has 0 atom stereocenters. The Balaban J connectivity index is 2.41. The average molecular weight is 468 g/mol. The van der Waals surface area contributed by atoms with Crippen LogP contribution in [0.15, 0.2) is 35.2 Å². The molecule has 0 saturated carbocycles. The Hall–Kier alpha value is -2.43. The van der Waals surface area contributed by atoms with Crippen LogP contribution >= 0.6 is 0 Å². The average Bonchev–Trinajstić information content (AvgIpc) is 2.66. The minimum absolute atomic E-state index is 0.00516. The first kappa shape index (κ1) is 24.8. The van der Waals surface area contributed by atoms with Crippen molar-refractivity contribution in [3.63, 3.8) is 0 Å². The molecule has 0 radical (unpaired) electrons. The summed E-state index contributed by atoms with van der Waals surface area (Å²) in [5.41, 5.74) is 2.80. The molecule has 2 rings (SSSR count). The van der Waals surface area contributed by atoms with Gasteiger partial charge in [0.1, 0.15) is 0 Å². The third kappa shape index (κ3) is 5.63. The lowest BCUT2D eigenvalue weighted by Crippen LogP contribution is -2.24. The molecule has 8 nitrogen and oxygen atoms in total. The van der Waals surface area contributed by atoms with Crippen LogP contribution in [0.5, 0.6) is 0 Å². The molecule has 31 heavy (non-hydrogen) atoms. The first-order chi connectivity index (χ1) is 14.3. The molecule has 10 heteroatoms. The number of nitrogens with one attached hydrogen (secondary N) is 2. The van der Waals surface area contributed by atoms with E-state index in [-0.39, 0.29) is 16.2 Å². The molecule has 0 aliphatic rings. The van der Waals surface area contributed by atoms with Gasteiger partial charge in [-0.2, -0.15) is 0 Å². The fourth-order valence-electron chi connectivity index (χ4n) is 2.99. The van der Waals surface area contributed by atoms with Gasteiger partial charge in [0.15, 0.2) is 0 Å². The van der Waals surface area contributed by atoms with Gasteiger partial charge in [-0.1, -0.05) is 13.0 Å². The molecule has 0 aliphatic carbocycles. The first-order valence-electron chi connectivity index (χ1n) is 9.75. The summed E-state index contributed by atoms with van der Waals surface area (Å²) < 4.78 is 53.2.